The summed E-state index contributed by atoms with van der Waals surface area (Å²) in [5, 5.41) is 2.90. The molecule has 1 aliphatic heterocycles. The van der Waals surface area contributed by atoms with Gasteiger partial charge < -0.3 is 15.0 Å². The highest BCUT2D eigenvalue weighted by Gasteiger charge is 2.27. The summed E-state index contributed by atoms with van der Waals surface area (Å²) in [6.45, 7) is 2.79. The molecule has 1 saturated heterocycles. The molecule has 0 radical (unpaired) electrons. The number of pyridine rings is 1. The lowest BCUT2D eigenvalue weighted by molar-refractivity contribution is -0.174. The Balaban J connectivity index is 1.54. The first-order valence-electron chi connectivity index (χ1n) is 8.72. The van der Waals surface area contributed by atoms with Gasteiger partial charge in [0.05, 0.1) is 0 Å². The Kier molecular flexibility index (Phi) is 8.11. The first kappa shape index (κ1) is 20.4. The quantitative estimate of drug-likeness (QED) is 0.707. The predicted molar refractivity (Wildman–Crippen MR) is 90.8 cm³/mol. The zero-order chi connectivity index (χ0) is 18.8. The number of nitrogens with one attached hydrogen (secondary N) is 1. The monoisotopic (exact) mass is 374 g/mol. The van der Waals surface area contributed by atoms with Crippen LogP contribution >= 0.6 is 0 Å². The van der Waals surface area contributed by atoms with Crippen LogP contribution in [0.4, 0.5) is 18.0 Å². The van der Waals surface area contributed by atoms with Crippen LogP contribution in [-0.4, -0.2) is 79.5 Å². The molecule has 146 valence electrons. The fraction of sp³-hybridized carbons (Fsp3) is 0.647. The fourth-order valence-electron chi connectivity index (χ4n) is 2.72. The van der Waals surface area contributed by atoms with E-state index in [0.717, 1.165) is 25.1 Å². The molecule has 0 bridgehead atoms. The Morgan fingerprint density at radius 3 is 2.69 bits per heavy atom. The van der Waals surface area contributed by atoms with Crippen LogP contribution in [0.1, 0.15) is 12.0 Å². The molecule has 1 aromatic rings. The number of hydrogen-bond acceptors (Lipinski definition) is 4. The number of alkyl halides is 3. The minimum absolute atomic E-state index is 0.0814. The maximum Gasteiger partial charge on any atom is 0.411 e. The molecule has 2 amide bonds. The third-order valence-corrected chi connectivity index (χ3v) is 4.10. The van der Waals surface area contributed by atoms with E-state index < -0.39 is 12.8 Å². The summed E-state index contributed by atoms with van der Waals surface area (Å²) >= 11 is 0. The van der Waals surface area contributed by atoms with Crippen LogP contribution in [0.2, 0.25) is 0 Å². The lowest BCUT2D eigenvalue weighted by Crippen LogP contribution is -2.52. The van der Waals surface area contributed by atoms with Crippen LogP contribution in [0.3, 0.4) is 0 Å². The third-order valence-electron chi connectivity index (χ3n) is 4.10. The van der Waals surface area contributed by atoms with E-state index in [1.807, 2.05) is 12.1 Å². The number of nitrogens with zero attached hydrogens (tertiary/aromatic N) is 3. The highest BCUT2D eigenvalue weighted by molar-refractivity contribution is 5.74. The SMILES string of the molecule is O=C(NCCc1cccnc1)N1CCN(CCCOCC(F)(F)F)CC1. The van der Waals surface area contributed by atoms with Gasteiger partial charge in [-0.05, 0) is 24.5 Å². The lowest BCUT2D eigenvalue weighted by atomic mass is 10.2. The summed E-state index contributed by atoms with van der Waals surface area (Å²) in [5.41, 5.74) is 1.07. The van der Waals surface area contributed by atoms with E-state index >= 15 is 0 Å². The second kappa shape index (κ2) is 10.3. The molecule has 0 aromatic carbocycles. The van der Waals surface area contributed by atoms with E-state index in [9.17, 15) is 18.0 Å². The fourth-order valence-corrected chi connectivity index (χ4v) is 2.72. The number of hydrogen-bond donors (Lipinski definition) is 1. The van der Waals surface area contributed by atoms with Gasteiger partial charge in [0, 0.05) is 58.3 Å². The minimum Gasteiger partial charge on any atom is -0.372 e. The summed E-state index contributed by atoms with van der Waals surface area (Å²) < 4.78 is 40.5. The first-order valence-corrected chi connectivity index (χ1v) is 8.72. The molecule has 1 aromatic heterocycles. The van der Waals surface area contributed by atoms with Gasteiger partial charge in [0.25, 0.3) is 0 Å². The molecule has 0 saturated carbocycles. The first-order chi connectivity index (χ1) is 12.4. The summed E-state index contributed by atoms with van der Waals surface area (Å²) in [6, 6.07) is 3.75. The van der Waals surface area contributed by atoms with Crippen molar-refractivity contribution in [3.05, 3.63) is 30.1 Å². The smallest absolute Gasteiger partial charge is 0.372 e. The normalized spacial score (nSPS) is 15.9. The van der Waals surface area contributed by atoms with Gasteiger partial charge >= 0.3 is 12.2 Å². The molecule has 6 nitrogen and oxygen atoms in total. The van der Waals surface area contributed by atoms with Crippen molar-refractivity contribution in [2.75, 3.05) is 52.5 Å². The van der Waals surface area contributed by atoms with Crippen molar-refractivity contribution in [3.63, 3.8) is 0 Å². The summed E-state index contributed by atoms with van der Waals surface area (Å²) in [5.74, 6) is 0. The standard InChI is InChI=1S/C17H25F3N4O2/c18-17(19,20)14-26-12-2-7-23-8-10-24(11-9-23)16(25)22-6-4-15-3-1-5-21-13-15/h1,3,5,13H,2,4,6-12,14H2,(H,22,25). The second-order valence-electron chi connectivity index (χ2n) is 6.19. The van der Waals surface area contributed by atoms with Crippen LogP contribution in [0.25, 0.3) is 0 Å². The van der Waals surface area contributed by atoms with Gasteiger partial charge in [0.15, 0.2) is 0 Å². The number of halogens is 3. The highest BCUT2D eigenvalue weighted by Crippen LogP contribution is 2.14. The molecule has 0 spiro atoms. The zero-order valence-corrected chi connectivity index (χ0v) is 14.7. The molecular formula is C17H25F3N4O2. The number of amides is 2. The molecule has 0 unspecified atom stereocenters. The van der Waals surface area contributed by atoms with Gasteiger partial charge in [-0.25, -0.2) is 4.79 Å². The van der Waals surface area contributed by atoms with Gasteiger partial charge in [0.1, 0.15) is 6.61 Å². The van der Waals surface area contributed by atoms with Gasteiger partial charge in [-0.15, -0.1) is 0 Å². The van der Waals surface area contributed by atoms with Crippen molar-refractivity contribution in [3.8, 4) is 0 Å². The van der Waals surface area contributed by atoms with Crippen molar-refractivity contribution in [2.24, 2.45) is 0 Å². The van der Waals surface area contributed by atoms with E-state index in [4.69, 9.17) is 0 Å². The molecule has 1 aliphatic rings. The van der Waals surface area contributed by atoms with Gasteiger partial charge in [0.2, 0.25) is 0 Å². The number of ether oxygens (including phenoxy) is 1. The summed E-state index contributed by atoms with van der Waals surface area (Å²) in [6.07, 6.45) is 0.508. The molecule has 1 N–H and O–H groups in total. The molecule has 26 heavy (non-hydrogen) atoms. The van der Waals surface area contributed by atoms with Gasteiger partial charge in [-0.2, -0.15) is 13.2 Å². The Morgan fingerprint density at radius 2 is 2.04 bits per heavy atom. The van der Waals surface area contributed by atoms with E-state index in [2.05, 4.69) is 19.9 Å². The van der Waals surface area contributed by atoms with Crippen molar-refractivity contribution < 1.29 is 22.7 Å². The Hall–Kier alpha value is -1.87. The van der Waals surface area contributed by atoms with Gasteiger partial charge in [-0.3, -0.25) is 9.88 Å². The van der Waals surface area contributed by atoms with Crippen LogP contribution in [0.15, 0.2) is 24.5 Å². The summed E-state index contributed by atoms with van der Waals surface area (Å²) in [7, 11) is 0. The largest absolute Gasteiger partial charge is 0.411 e. The van der Waals surface area contributed by atoms with E-state index in [1.165, 1.54) is 0 Å². The molecule has 2 rings (SSSR count). The van der Waals surface area contributed by atoms with E-state index in [-0.39, 0.29) is 12.6 Å². The number of rotatable bonds is 8. The Morgan fingerprint density at radius 1 is 1.27 bits per heavy atom. The molecule has 0 aliphatic carbocycles. The molecule has 2 heterocycles. The van der Waals surface area contributed by atoms with Crippen molar-refractivity contribution in [1.82, 2.24) is 20.1 Å². The van der Waals surface area contributed by atoms with E-state index in [1.54, 1.807) is 17.3 Å². The lowest BCUT2D eigenvalue weighted by Gasteiger charge is -2.34. The average Bonchev–Trinajstić information content (AvgIpc) is 2.62. The Labute approximate surface area is 151 Å². The number of urea groups is 1. The highest BCUT2D eigenvalue weighted by atomic mass is 19.4. The topological polar surface area (TPSA) is 57.7 Å². The zero-order valence-electron chi connectivity index (χ0n) is 14.7. The Bertz CT molecular complexity index is 535. The maximum atomic E-state index is 12.1. The number of carbonyl (C=O) groups excluding carboxylic acids is 1. The van der Waals surface area contributed by atoms with Gasteiger partial charge in [-0.1, -0.05) is 6.07 Å². The number of aromatic nitrogens is 1. The minimum atomic E-state index is -4.27. The number of piperazine rings is 1. The molecule has 9 heteroatoms. The van der Waals surface area contributed by atoms with Crippen molar-refractivity contribution in [1.29, 1.82) is 0 Å². The average molecular weight is 374 g/mol. The molecular weight excluding hydrogens is 349 g/mol. The van der Waals surface area contributed by atoms with E-state index in [0.29, 0.717) is 32.6 Å². The van der Waals surface area contributed by atoms with Crippen molar-refractivity contribution >= 4 is 6.03 Å². The van der Waals surface area contributed by atoms with Crippen LogP contribution < -0.4 is 5.32 Å². The van der Waals surface area contributed by atoms with Crippen LogP contribution in [-0.2, 0) is 11.2 Å². The van der Waals surface area contributed by atoms with Crippen LogP contribution in [0.5, 0.6) is 0 Å². The molecule has 1 fully saturated rings. The number of carbonyl (C=O) groups is 1. The maximum absolute atomic E-state index is 12.1. The second-order valence-corrected chi connectivity index (χ2v) is 6.19. The molecule has 0 atom stereocenters. The summed E-state index contributed by atoms with van der Waals surface area (Å²) in [4.78, 5) is 20.1. The van der Waals surface area contributed by atoms with Crippen LogP contribution in [0, 0.1) is 0 Å². The predicted octanol–water partition coefficient (Wildman–Crippen LogP) is 1.92. The third kappa shape index (κ3) is 8.01. The van der Waals surface area contributed by atoms with Crippen molar-refractivity contribution in [2.45, 2.75) is 19.0 Å².